The molecule has 0 radical (unpaired) electrons. The summed E-state index contributed by atoms with van der Waals surface area (Å²) in [6.07, 6.45) is 4.86. The molecule has 0 saturated carbocycles. The van der Waals surface area contributed by atoms with Gasteiger partial charge in [-0.05, 0) is 42.8 Å². The number of carbonyl (C=O) groups is 1. The van der Waals surface area contributed by atoms with Gasteiger partial charge in [-0.2, -0.15) is 10.2 Å². The number of rotatable bonds is 6. The van der Waals surface area contributed by atoms with E-state index in [0.717, 1.165) is 22.2 Å². The van der Waals surface area contributed by atoms with Crippen LogP contribution in [0.15, 0.2) is 65.5 Å². The number of pyridine rings is 1. The van der Waals surface area contributed by atoms with Crippen LogP contribution in [0.5, 0.6) is 0 Å². The van der Waals surface area contributed by atoms with Crippen molar-refractivity contribution in [1.82, 2.24) is 24.5 Å². The summed E-state index contributed by atoms with van der Waals surface area (Å²) >= 11 is 6.26. The molecule has 4 heterocycles. The molecule has 0 fully saturated rings. The van der Waals surface area contributed by atoms with Crippen LogP contribution in [0.1, 0.15) is 11.3 Å². The fourth-order valence-corrected chi connectivity index (χ4v) is 3.87. The standard InChI is InChI=1S/C23H18ClFN6O2/c1-14-21-17(19-3-2-10-33-19)8-9-26-23(21)31(28-14)13-20(32)27-22-18(24)12-30(29-22)11-15-4-6-16(25)7-5-15/h2-10,12H,11,13H2,1H3,(H,27,29,32). The number of benzene rings is 1. The molecule has 10 heteroatoms. The number of fused-ring (bicyclic) bond motifs is 1. The van der Waals surface area contributed by atoms with Crippen molar-refractivity contribution in [2.45, 2.75) is 20.0 Å². The van der Waals surface area contributed by atoms with Crippen LogP contribution in [0.2, 0.25) is 5.02 Å². The van der Waals surface area contributed by atoms with E-state index < -0.39 is 0 Å². The maximum absolute atomic E-state index is 13.1. The molecule has 0 atom stereocenters. The maximum Gasteiger partial charge on any atom is 0.247 e. The molecule has 0 spiro atoms. The number of hydrogen-bond donors (Lipinski definition) is 1. The van der Waals surface area contributed by atoms with E-state index in [1.807, 2.05) is 25.1 Å². The van der Waals surface area contributed by atoms with E-state index in [9.17, 15) is 9.18 Å². The van der Waals surface area contributed by atoms with Gasteiger partial charge in [0.15, 0.2) is 11.5 Å². The zero-order valence-corrected chi connectivity index (χ0v) is 18.3. The molecule has 166 valence electrons. The summed E-state index contributed by atoms with van der Waals surface area (Å²) in [6.45, 7) is 2.18. The Labute approximate surface area is 192 Å². The van der Waals surface area contributed by atoms with Crippen LogP contribution in [0, 0.1) is 12.7 Å². The zero-order chi connectivity index (χ0) is 22.9. The number of anilines is 1. The third-order valence-electron chi connectivity index (χ3n) is 5.12. The summed E-state index contributed by atoms with van der Waals surface area (Å²) in [6, 6.07) is 11.6. The number of furan rings is 1. The minimum absolute atomic E-state index is 0.0693. The van der Waals surface area contributed by atoms with Crippen LogP contribution in [0.25, 0.3) is 22.4 Å². The second-order valence-corrected chi connectivity index (χ2v) is 7.88. The molecule has 1 N–H and O–H groups in total. The molecule has 33 heavy (non-hydrogen) atoms. The number of aryl methyl sites for hydroxylation is 1. The van der Waals surface area contributed by atoms with Gasteiger partial charge in [-0.15, -0.1) is 0 Å². The minimum atomic E-state index is -0.349. The van der Waals surface area contributed by atoms with Gasteiger partial charge < -0.3 is 9.73 Å². The van der Waals surface area contributed by atoms with Crippen molar-refractivity contribution >= 4 is 34.4 Å². The summed E-state index contributed by atoms with van der Waals surface area (Å²) in [5, 5.41) is 12.7. The largest absolute Gasteiger partial charge is 0.464 e. The second kappa shape index (κ2) is 8.51. The van der Waals surface area contributed by atoms with Crippen molar-refractivity contribution in [2.75, 3.05) is 5.32 Å². The number of halogens is 2. The number of nitrogens with one attached hydrogen (secondary N) is 1. The number of carbonyl (C=O) groups excluding carboxylic acids is 1. The van der Waals surface area contributed by atoms with Gasteiger partial charge in [0.25, 0.3) is 0 Å². The van der Waals surface area contributed by atoms with Gasteiger partial charge in [0, 0.05) is 18.0 Å². The topological polar surface area (TPSA) is 90.8 Å². The summed E-state index contributed by atoms with van der Waals surface area (Å²) in [5.41, 5.74) is 3.02. The molecule has 5 rings (SSSR count). The van der Waals surface area contributed by atoms with Crippen LogP contribution >= 0.6 is 11.6 Å². The van der Waals surface area contributed by atoms with Gasteiger partial charge in [-0.25, -0.2) is 14.1 Å². The number of amides is 1. The van der Waals surface area contributed by atoms with E-state index in [1.54, 1.807) is 35.5 Å². The van der Waals surface area contributed by atoms with Gasteiger partial charge in [-0.1, -0.05) is 23.7 Å². The van der Waals surface area contributed by atoms with E-state index in [-0.39, 0.29) is 24.1 Å². The lowest BCUT2D eigenvalue weighted by molar-refractivity contribution is -0.116. The number of nitrogens with zero attached hydrogens (tertiary/aromatic N) is 5. The van der Waals surface area contributed by atoms with Gasteiger partial charge in [0.05, 0.1) is 23.9 Å². The van der Waals surface area contributed by atoms with Gasteiger partial charge >= 0.3 is 0 Å². The molecule has 8 nitrogen and oxygen atoms in total. The molecule has 5 aromatic rings. The van der Waals surface area contributed by atoms with Crippen molar-refractivity contribution in [1.29, 1.82) is 0 Å². The van der Waals surface area contributed by atoms with E-state index in [1.165, 1.54) is 16.8 Å². The summed E-state index contributed by atoms with van der Waals surface area (Å²) < 4.78 is 21.7. The Kier molecular flexibility index (Phi) is 5.39. The van der Waals surface area contributed by atoms with Crippen LogP contribution < -0.4 is 5.32 Å². The minimum Gasteiger partial charge on any atom is -0.464 e. The average Bonchev–Trinajstić information content (AvgIpc) is 3.51. The molecule has 1 amide bonds. The first-order valence-corrected chi connectivity index (χ1v) is 10.5. The van der Waals surface area contributed by atoms with Crippen LogP contribution in [-0.4, -0.2) is 30.5 Å². The Balaban J connectivity index is 1.34. The Morgan fingerprint density at radius 1 is 1.18 bits per heavy atom. The molecule has 0 aliphatic carbocycles. The Hall–Kier alpha value is -3.98. The van der Waals surface area contributed by atoms with E-state index in [2.05, 4.69) is 20.5 Å². The lowest BCUT2D eigenvalue weighted by atomic mass is 10.1. The molecule has 0 bridgehead atoms. The molecule has 0 aliphatic heterocycles. The van der Waals surface area contributed by atoms with E-state index in [4.69, 9.17) is 16.0 Å². The highest BCUT2D eigenvalue weighted by atomic mass is 35.5. The molecular weight excluding hydrogens is 447 g/mol. The SMILES string of the molecule is Cc1nn(CC(=O)Nc2nn(Cc3ccc(F)cc3)cc2Cl)c2nccc(-c3ccco3)c12. The molecule has 4 aromatic heterocycles. The van der Waals surface area contributed by atoms with Gasteiger partial charge in [0.2, 0.25) is 5.91 Å². The second-order valence-electron chi connectivity index (χ2n) is 7.48. The predicted octanol–water partition coefficient (Wildman–Crippen LogP) is 4.68. The number of aromatic nitrogens is 5. The van der Waals surface area contributed by atoms with Crippen LogP contribution in [-0.2, 0) is 17.9 Å². The highest BCUT2D eigenvalue weighted by Crippen LogP contribution is 2.30. The Morgan fingerprint density at radius 2 is 2.00 bits per heavy atom. The molecule has 0 unspecified atom stereocenters. The van der Waals surface area contributed by atoms with Crippen molar-refractivity contribution in [3.05, 3.63) is 83.2 Å². The summed E-state index contributed by atoms with van der Waals surface area (Å²) in [4.78, 5) is 17.2. The fourth-order valence-electron chi connectivity index (χ4n) is 3.68. The number of hydrogen-bond acceptors (Lipinski definition) is 5. The Bertz CT molecular complexity index is 1440. The van der Waals surface area contributed by atoms with Crippen molar-refractivity contribution in [3.63, 3.8) is 0 Å². The highest BCUT2D eigenvalue weighted by Gasteiger charge is 2.18. The normalized spacial score (nSPS) is 11.2. The zero-order valence-electron chi connectivity index (χ0n) is 17.5. The van der Waals surface area contributed by atoms with E-state index >= 15 is 0 Å². The smallest absolute Gasteiger partial charge is 0.247 e. The quantitative estimate of drug-likeness (QED) is 0.394. The third-order valence-corrected chi connectivity index (χ3v) is 5.40. The first-order valence-electron chi connectivity index (χ1n) is 10.1. The first-order chi connectivity index (χ1) is 16.0. The molecule has 0 saturated heterocycles. The van der Waals surface area contributed by atoms with E-state index in [0.29, 0.717) is 23.0 Å². The lowest BCUT2D eigenvalue weighted by Crippen LogP contribution is -2.20. The van der Waals surface area contributed by atoms with Crippen molar-refractivity contribution in [2.24, 2.45) is 0 Å². The van der Waals surface area contributed by atoms with Crippen molar-refractivity contribution in [3.8, 4) is 11.3 Å². The molecule has 0 aliphatic rings. The first kappa shape index (κ1) is 20.9. The maximum atomic E-state index is 13.1. The van der Waals surface area contributed by atoms with Crippen LogP contribution in [0.3, 0.4) is 0 Å². The predicted molar refractivity (Wildman–Crippen MR) is 121 cm³/mol. The highest BCUT2D eigenvalue weighted by molar-refractivity contribution is 6.33. The lowest BCUT2D eigenvalue weighted by Gasteiger charge is -2.05. The average molecular weight is 465 g/mol. The monoisotopic (exact) mass is 464 g/mol. The summed E-state index contributed by atoms with van der Waals surface area (Å²) in [7, 11) is 0. The molecule has 1 aromatic carbocycles. The van der Waals surface area contributed by atoms with Crippen molar-refractivity contribution < 1.29 is 13.6 Å². The van der Waals surface area contributed by atoms with Crippen LogP contribution in [0.4, 0.5) is 10.2 Å². The Morgan fingerprint density at radius 3 is 2.76 bits per heavy atom. The van der Waals surface area contributed by atoms with Gasteiger partial charge in [-0.3, -0.25) is 9.48 Å². The summed E-state index contributed by atoms with van der Waals surface area (Å²) in [5.74, 6) is 0.282. The van der Waals surface area contributed by atoms with Gasteiger partial charge in [0.1, 0.15) is 23.1 Å². The fraction of sp³-hybridized carbons (Fsp3) is 0.130. The third kappa shape index (κ3) is 4.22. The molecular formula is C23H18ClFN6O2.